The molecule has 1 aliphatic rings. The predicted octanol–water partition coefficient (Wildman–Crippen LogP) is 5.77. The minimum atomic E-state index is -0.116. The van der Waals surface area contributed by atoms with Crippen LogP contribution < -0.4 is 0 Å². The summed E-state index contributed by atoms with van der Waals surface area (Å²) in [5.74, 6) is -0.116. The number of aromatic nitrogens is 5. The molecule has 1 atom stereocenters. The molecule has 0 amide bonds. The van der Waals surface area contributed by atoms with Gasteiger partial charge in [-0.1, -0.05) is 18.2 Å². The highest BCUT2D eigenvalue weighted by atomic mass is 19.1. The quantitative estimate of drug-likeness (QED) is 0.357. The number of hydrogen-bond acceptors (Lipinski definition) is 4. The molecule has 5 aromatic rings. The van der Waals surface area contributed by atoms with E-state index in [0.717, 1.165) is 70.3 Å². The number of nitrogens with zero attached hydrogens (tertiary/aromatic N) is 5. The first-order valence-electron chi connectivity index (χ1n) is 12.0. The van der Waals surface area contributed by atoms with Gasteiger partial charge in [-0.2, -0.15) is 10.2 Å². The Labute approximate surface area is 203 Å². The second-order valence-corrected chi connectivity index (χ2v) is 9.34. The maximum absolute atomic E-state index is 14.4. The summed E-state index contributed by atoms with van der Waals surface area (Å²) in [5, 5.41) is 13.5. The third-order valence-electron chi connectivity index (χ3n) is 7.04. The van der Waals surface area contributed by atoms with Crippen molar-refractivity contribution in [2.45, 2.75) is 32.4 Å². The van der Waals surface area contributed by atoms with Gasteiger partial charge in [-0.05, 0) is 67.8 Å². The van der Waals surface area contributed by atoms with Crippen LogP contribution in [0.3, 0.4) is 0 Å². The van der Waals surface area contributed by atoms with Crippen molar-refractivity contribution in [2.75, 3.05) is 13.1 Å². The SMILES string of the molecule is Cc1cccc(F)c1CN1CCCC(n2cc(-c3ccc4[nH]nc(-c5ccncc5)c4c3)cn2)C1. The first-order chi connectivity index (χ1) is 17.2. The number of pyridine rings is 1. The van der Waals surface area contributed by atoms with Gasteiger partial charge in [0.1, 0.15) is 11.5 Å². The maximum Gasteiger partial charge on any atom is 0.127 e. The van der Waals surface area contributed by atoms with E-state index >= 15 is 0 Å². The van der Waals surface area contributed by atoms with E-state index in [1.807, 2.05) is 31.3 Å². The normalized spacial score (nSPS) is 16.7. The first kappa shape index (κ1) is 21.7. The standard InChI is InChI=1S/C28H27FN6/c1-19-4-2-6-26(29)25(19)18-34-13-3-5-23(17-34)35-16-22(15-31-35)21-7-8-27-24(14-21)28(33-32-27)20-9-11-30-12-10-20/h2,4,6-12,14-16,23H,3,5,13,17-18H2,1H3,(H,32,33). The molecule has 3 aromatic heterocycles. The van der Waals surface area contributed by atoms with E-state index < -0.39 is 0 Å². The number of rotatable bonds is 5. The Kier molecular flexibility index (Phi) is 5.62. The number of benzene rings is 2. The predicted molar refractivity (Wildman–Crippen MR) is 135 cm³/mol. The number of H-pyrrole nitrogens is 1. The molecule has 0 saturated carbocycles. The second-order valence-electron chi connectivity index (χ2n) is 9.34. The summed E-state index contributed by atoms with van der Waals surface area (Å²) in [6.45, 7) is 4.46. The fourth-order valence-electron chi connectivity index (χ4n) is 5.09. The summed E-state index contributed by atoms with van der Waals surface area (Å²) < 4.78 is 16.5. The number of aryl methyl sites for hydroxylation is 1. The van der Waals surface area contributed by atoms with Gasteiger partial charge in [0, 0.05) is 53.8 Å². The van der Waals surface area contributed by atoms with Crippen LogP contribution in [0.15, 0.2) is 73.3 Å². The van der Waals surface area contributed by atoms with Crippen molar-refractivity contribution in [3.05, 3.63) is 90.3 Å². The Morgan fingerprint density at radius 1 is 1.06 bits per heavy atom. The van der Waals surface area contributed by atoms with Crippen molar-refractivity contribution in [3.63, 3.8) is 0 Å². The Morgan fingerprint density at radius 3 is 2.80 bits per heavy atom. The van der Waals surface area contributed by atoms with Gasteiger partial charge in [0.2, 0.25) is 0 Å². The minimum absolute atomic E-state index is 0.116. The molecule has 6 rings (SSSR count). The number of piperidine rings is 1. The largest absolute Gasteiger partial charge is 0.297 e. The Hall–Kier alpha value is -3.84. The lowest BCUT2D eigenvalue weighted by Gasteiger charge is -2.33. The summed E-state index contributed by atoms with van der Waals surface area (Å²) in [6, 6.07) is 15.9. The van der Waals surface area contributed by atoms with E-state index in [4.69, 9.17) is 5.10 Å². The monoisotopic (exact) mass is 466 g/mol. The van der Waals surface area contributed by atoms with E-state index in [9.17, 15) is 4.39 Å². The summed E-state index contributed by atoms with van der Waals surface area (Å²) >= 11 is 0. The molecule has 1 aliphatic heterocycles. The number of likely N-dealkylation sites (tertiary alicyclic amines) is 1. The van der Waals surface area contributed by atoms with Crippen molar-refractivity contribution >= 4 is 10.9 Å². The van der Waals surface area contributed by atoms with Crippen LogP contribution in [0.5, 0.6) is 0 Å². The first-order valence-corrected chi connectivity index (χ1v) is 12.0. The lowest BCUT2D eigenvalue weighted by molar-refractivity contribution is 0.161. The van der Waals surface area contributed by atoms with Crippen LogP contribution in [0.4, 0.5) is 4.39 Å². The number of halogens is 1. The summed E-state index contributed by atoms with van der Waals surface area (Å²) in [4.78, 5) is 6.46. The van der Waals surface area contributed by atoms with Gasteiger partial charge in [-0.15, -0.1) is 0 Å². The number of hydrogen-bond donors (Lipinski definition) is 1. The molecular weight excluding hydrogens is 439 g/mol. The molecular formula is C28H27FN6. The van der Waals surface area contributed by atoms with Gasteiger partial charge in [0.25, 0.3) is 0 Å². The van der Waals surface area contributed by atoms with Crippen LogP contribution in [-0.2, 0) is 6.54 Å². The molecule has 1 fully saturated rings. The molecule has 1 unspecified atom stereocenters. The van der Waals surface area contributed by atoms with Crippen molar-refractivity contribution in [1.82, 2.24) is 29.9 Å². The summed E-state index contributed by atoms with van der Waals surface area (Å²) in [6.07, 6.45) is 9.78. The lowest BCUT2D eigenvalue weighted by atomic mass is 10.0. The molecule has 0 radical (unpaired) electrons. The van der Waals surface area contributed by atoms with E-state index in [-0.39, 0.29) is 11.9 Å². The van der Waals surface area contributed by atoms with Crippen molar-refractivity contribution in [1.29, 1.82) is 0 Å². The molecule has 6 nitrogen and oxygen atoms in total. The van der Waals surface area contributed by atoms with Crippen LogP contribution in [0.25, 0.3) is 33.3 Å². The second kappa shape index (κ2) is 9.07. The van der Waals surface area contributed by atoms with E-state index in [2.05, 4.69) is 49.2 Å². The Bertz CT molecular complexity index is 1450. The molecule has 1 saturated heterocycles. The number of fused-ring (bicyclic) bond motifs is 1. The topological polar surface area (TPSA) is 62.6 Å². The molecule has 0 spiro atoms. The van der Waals surface area contributed by atoms with Crippen molar-refractivity contribution in [3.8, 4) is 22.4 Å². The molecule has 2 aromatic carbocycles. The van der Waals surface area contributed by atoms with Crippen LogP contribution >= 0.6 is 0 Å². The average Bonchev–Trinajstić information content (AvgIpc) is 3.54. The van der Waals surface area contributed by atoms with Crippen LogP contribution in [-0.4, -0.2) is 43.0 Å². The highest BCUT2D eigenvalue weighted by Crippen LogP contribution is 2.31. The Balaban J connectivity index is 1.23. The zero-order chi connectivity index (χ0) is 23.8. The van der Waals surface area contributed by atoms with E-state index in [1.165, 1.54) is 0 Å². The molecule has 7 heteroatoms. The minimum Gasteiger partial charge on any atom is -0.297 e. The van der Waals surface area contributed by atoms with Crippen LogP contribution in [0.2, 0.25) is 0 Å². The van der Waals surface area contributed by atoms with E-state index in [0.29, 0.717) is 6.54 Å². The summed E-state index contributed by atoms with van der Waals surface area (Å²) in [7, 11) is 0. The molecule has 0 bridgehead atoms. The zero-order valence-corrected chi connectivity index (χ0v) is 19.7. The fourth-order valence-corrected chi connectivity index (χ4v) is 5.09. The average molecular weight is 467 g/mol. The zero-order valence-electron chi connectivity index (χ0n) is 19.7. The third kappa shape index (κ3) is 4.23. The van der Waals surface area contributed by atoms with Crippen molar-refractivity contribution < 1.29 is 4.39 Å². The Morgan fingerprint density at radius 2 is 1.94 bits per heavy atom. The highest BCUT2D eigenvalue weighted by molar-refractivity contribution is 5.95. The molecule has 35 heavy (non-hydrogen) atoms. The smallest absolute Gasteiger partial charge is 0.127 e. The van der Waals surface area contributed by atoms with Gasteiger partial charge >= 0.3 is 0 Å². The van der Waals surface area contributed by atoms with Gasteiger partial charge in [-0.3, -0.25) is 19.7 Å². The van der Waals surface area contributed by atoms with Gasteiger partial charge in [-0.25, -0.2) is 4.39 Å². The van der Waals surface area contributed by atoms with E-state index in [1.54, 1.807) is 24.5 Å². The highest BCUT2D eigenvalue weighted by Gasteiger charge is 2.23. The third-order valence-corrected chi connectivity index (χ3v) is 7.04. The lowest BCUT2D eigenvalue weighted by Crippen LogP contribution is -2.36. The summed E-state index contributed by atoms with van der Waals surface area (Å²) in [5.41, 5.74) is 6.95. The van der Waals surface area contributed by atoms with Gasteiger partial charge in [0.15, 0.2) is 0 Å². The number of nitrogens with one attached hydrogen (secondary N) is 1. The molecule has 176 valence electrons. The van der Waals surface area contributed by atoms with Crippen molar-refractivity contribution in [2.24, 2.45) is 0 Å². The molecule has 4 heterocycles. The van der Waals surface area contributed by atoms with Gasteiger partial charge < -0.3 is 0 Å². The molecule has 1 N–H and O–H groups in total. The fraction of sp³-hybridized carbons (Fsp3) is 0.250. The van der Waals surface area contributed by atoms with Crippen LogP contribution in [0.1, 0.15) is 30.0 Å². The van der Waals surface area contributed by atoms with Crippen LogP contribution in [0, 0.1) is 12.7 Å². The maximum atomic E-state index is 14.4. The molecule has 0 aliphatic carbocycles. The number of aromatic amines is 1. The van der Waals surface area contributed by atoms with Gasteiger partial charge in [0.05, 0.1) is 17.8 Å².